The first-order valence-electron chi connectivity index (χ1n) is 11.6. The van der Waals surface area contributed by atoms with E-state index in [2.05, 4.69) is 38.9 Å². The number of tetrazole rings is 1. The van der Waals surface area contributed by atoms with Gasteiger partial charge in [-0.25, -0.2) is 0 Å². The van der Waals surface area contributed by atoms with E-state index >= 15 is 0 Å². The van der Waals surface area contributed by atoms with Crippen molar-refractivity contribution in [2.24, 2.45) is 0 Å². The first kappa shape index (κ1) is 23.9. The van der Waals surface area contributed by atoms with E-state index in [0.717, 1.165) is 12.0 Å². The number of H-pyrrole nitrogens is 1. The van der Waals surface area contributed by atoms with Crippen LogP contribution in [-0.4, -0.2) is 33.1 Å². The highest BCUT2D eigenvalue weighted by molar-refractivity contribution is 6.08. The number of hydrogen-bond donors (Lipinski definition) is 2. The Hall–Kier alpha value is -4.27. The molecule has 1 amide bonds. The quantitative estimate of drug-likeness (QED) is 0.244. The predicted molar refractivity (Wildman–Crippen MR) is 134 cm³/mol. The molecule has 4 aromatic rings. The number of anilines is 1. The van der Waals surface area contributed by atoms with Crippen molar-refractivity contribution in [1.29, 1.82) is 0 Å². The maximum atomic E-state index is 12.9. The standard InChI is InChI=1S/C26H27N5O4/c1-3-4-5-6-7-8-13-34-19-11-9-18(10-12-19)26(33)27-21-15-17(2)14-20-22(32)16-23(35-24(20)21)25-28-30-31-29-25/h7-12,14-16H,3-6,13H2,1-2H3,(H,27,33)(H,28,29,30,31). The van der Waals surface area contributed by atoms with Crippen LogP contribution in [0.3, 0.4) is 0 Å². The van der Waals surface area contributed by atoms with Gasteiger partial charge in [0.2, 0.25) is 5.82 Å². The molecule has 0 aliphatic carbocycles. The van der Waals surface area contributed by atoms with Crippen LogP contribution in [-0.2, 0) is 0 Å². The molecule has 2 aromatic heterocycles. The average molecular weight is 474 g/mol. The topological polar surface area (TPSA) is 123 Å². The summed E-state index contributed by atoms with van der Waals surface area (Å²) < 4.78 is 11.6. The van der Waals surface area contributed by atoms with Gasteiger partial charge in [0.05, 0.1) is 11.1 Å². The minimum atomic E-state index is -0.341. The molecule has 0 aliphatic heterocycles. The van der Waals surface area contributed by atoms with Gasteiger partial charge >= 0.3 is 0 Å². The third kappa shape index (κ3) is 6.00. The number of ether oxygens (including phenoxy) is 1. The van der Waals surface area contributed by atoms with Gasteiger partial charge in [0.1, 0.15) is 12.4 Å². The van der Waals surface area contributed by atoms with E-state index in [1.807, 2.05) is 13.0 Å². The molecule has 0 bridgehead atoms. The molecule has 0 aliphatic rings. The third-order valence-corrected chi connectivity index (χ3v) is 5.39. The van der Waals surface area contributed by atoms with E-state index < -0.39 is 0 Å². The fourth-order valence-electron chi connectivity index (χ4n) is 3.61. The number of amides is 1. The number of allylic oxidation sites excluding steroid dienone is 1. The van der Waals surface area contributed by atoms with Crippen molar-refractivity contribution >= 4 is 22.6 Å². The van der Waals surface area contributed by atoms with Crippen molar-refractivity contribution in [2.45, 2.75) is 39.5 Å². The van der Waals surface area contributed by atoms with Crippen molar-refractivity contribution in [1.82, 2.24) is 20.6 Å². The molecular formula is C26H27N5O4. The largest absolute Gasteiger partial charge is 0.490 e. The second kappa shape index (κ2) is 11.2. The smallest absolute Gasteiger partial charge is 0.255 e. The molecule has 0 saturated carbocycles. The molecule has 9 nitrogen and oxygen atoms in total. The number of fused-ring (bicyclic) bond motifs is 1. The van der Waals surface area contributed by atoms with Gasteiger partial charge in [-0.2, -0.15) is 5.21 Å². The van der Waals surface area contributed by atoms with Gasteiger partial charge in [-0.3, -0.25) is 9.59 Å². The summed E-state index contributed by atoms with van der Waals surface area (Å²) in [5.74, 6) is 0.633. The number of carbonyl (C=O) groups excluding carboxylic acids is 1. The predicted octanol–water partition coefficient (Wildman–Crippen LogP) is 5.05. The van der Waals surface area contributed by atoms with Crippen molar-refractivity contribution in [3.05, 3.63) is 76.0 Å². The minimum absolute atomic E-state index is 0.147. The van der Waals surface area contributed by atoms with E-state index in [1.54, 1.807) is 36.4 Å². The number of aryl methyl sites for hydroxylation is 1. The SMILES string of the molecule is CCCCCC=CCOc1ccc(C(=O)Nc2cc(C)cc3c(=O)cc(-c4nn[nH]n4)oc23)cc1. The summed E-state index contributed by atoms with van der Waals surface area (Å²) in [7, 11) is 0. The van der Waals surface area contributed by atoms with Crippen LogP contribution in [0.15, 0.2) is 63.8 Å². The van der Waals surface area contributed by atoms with E-state index in [1.165, 1.54) is 25.3 Å². The van der Waals surface area contributed by atoms with Crippen LogP contribution in [0.25, 0.3) is 22.6 Å². The van der Waals surface area contributed by atoms with Crippen LogP contribution in [0.4, 0.5) is 5.69 Å². The Morgan fingerprint density at radius 3 is 2.71 bits per heavy atom. The van der Waals surface area contributed by atoms with Crippen LogP contribution in [0.2, 0.25) is 0 Å². The van der Waals surface area contributed by atoms with Crippen LogP contribution in [0.5, 0.6) is 5.75 Å². The molecule has 0 saturated heterocycles. The molecule has 0 radical (unpaired) electrons. The summed E-state index contributed by atoms with van der Waals surface area (Å²) in [5, 5.41) is 16.7. The number of aromatic nitrogens is 4. The molecular weight excluding hydrogens is 446 g/mol. The summed E-state index contributed by atoms with van der Waals surface area (Å²) in [6.45, 7) is 4.51. The van der Waals surface area contributed by atoms with Gasteiger partial charge in [0.25, 0.3) is 5.91 Å². The first-order chi connectivity index (χ1) is 17.0. The Balaban J connectivity index is 1.48. The lowest BCUT2D eigenvalue weighted by Gasteiger charge is -2.10. The number of nitrogens with zero attached hydrogens (tertiary/aromatic N) is 3. The van der Waals surface area contributed by atoms with Crippen LogP contribution in [0, 0.1) is 6.92 Å². The van der Waals surface area contributed by atoms with Crippen molar-refractivity contribution in [3.8, 4) is 17.3 Å². The lowest BCUT2D eigenvalue weighted by atomic mass is 10.1. The van der Waals surface area contributed by atoms with Crippen molar-refractivity contribution in [2.75, 3.05) is 11.9 Å². The summed E-state index contributed by atoms with van der Waals surface area (Å²) in [6, 6.07) is 11.6. The Kier molecular flexibility index (Phi) is 7.67. The van der Waals surface area contributed by atoms with E-state index in [4.69, 9.17) is 9.15 Å². The molecule has 9 heteroatoms. The molecule has 4 rings (SSSR count). The summed E-state index contributed by atoms with van der Waals surface area (Å²) in [6.07, 6.45) is 8.83. The Labute approximate surface area is 202 Å². The third-order valence-electron chi connectivity index (χ3n) is 5.39. The molecule has 0 spiro atoms. The number of rotatable bonds is 10. The van der Waals surface area contributed by atoms with Gasteiger partial charge in [-0.1, -0.05) is 31.9 Å². The van der Waals surface area contributed by atoms with E-state index in [9.17, 15) is 9.59 Å². The second-order valence-corrected chi connectivity index (χ2v) is 8.16. The highest BCUT2D eigenvalue weighted by Crippen LogP contribution is 2.27. The normalized spacial score (nSPS) is 11.3. The molecule has 180 valence electrons. The molecule has 2 aromatic carbocycles. The maximum Gasteiger partial charge on any atom is 0.255 e. The minimum Gasteiger partial charge on any atom is -0.490 e. The number of benzene rings is 2. The van der Waals surface area contributed by atoms with Crippen LogP contribution < -0.4 is 15.5 Å². The van der Waals surface area contributed by atoms with Gasteiger partial charge < -0.3 is 14.5 Å². The van der Waals surface area contributed by atoms with E-state index in [-0.39, 0.29) is 28.5 Å². The summed E-state index contributed by atoms with van der Waals surface area (Å²) in [5.41, 5.74) is 1.59. The monoisotopic (exact) mass is 473 g/mol. The summed E-state index contributed by atoms with van der Waals surface area (Å²) in [4.78, 5) is 25.6. The zero-order valence-electron chi connectivity index (χ0n) is 19.7. The number of carbonyl (C=O) groups is 1. The maximum absolute atomic E-state index is 12.9. The molecule has 2 N–H and O–H groups in total. The molecule has 0 unspecified atom stereocenters. The van der Waals surface area contributed by atoms with Gasteiger partial charge in [0.15, 0.2) is 16.8 Å². The number of nitrogens with one attached hydrogen (secondary N) is 2. The van der Waals surface area contributed by atoms with Gasteiger partial charge in [-0.05, 0) is 66.9 Å². The Morgan fingerprint density at radius 2 is 1.97 bits per heavy atom. The van der Waals surface area contributed by atoms with Crippen molar-refractivity contribution in [3.63, 3.8) is 0 Å². The lowest BCUT2D eigenvalue weighted by Crippen LogP contribution is -2.13. The molecule has 0 atom stereocenters. The lowest BCUT2D eigenvalue weighted by molar-refractivity contribution is 0.102. The van der Waals surface area contributed by atoms with Crippen LogP contribution >= 0.6 is 0 Å². The number of aromatic amines is 1. The zero-order valence-corrected chi connectivity index (χ0v) is 19.7. The Bertz CT molecular complexity index is 1380. The molecule has 2 heterocycles. The summed E-state index contributed by atoms with van der Waals surface area (Å²) >= 11 is 0. The fraction of sp³-hybridized carbons (Fsp3) is 0.269. The molecule has 35 heavy (non-hydrogen) atoms. The van der Waals surface area contributed by atoms with Gasteiger partial charge in [-0.15, -0.1) is 10.2 Å². The van der Waals surface area contributed by atoms with Gasteiger partial charge in [0, 0.05) is 11.6 Å². The number of unbranched alkanes of at least 4 members (excludes halogenated alkanes) is 3. The highest BCUT2D eigenvalue weighted by atomic mass is 16.5. The van der Waals surface area contributed by atoms with E-state index in [0.29, 0.717) is 29.0 Å². The first-order valence-corrected chi connectivity index (χ1v) is 11.6. The average Bonchev–Trinajstić information content (AvgIpc) is 3.39. The Morgan fingerprint density at radius 1 is 1.14 bits per heavy atom. The second-order valence-electron chi connectivity index (χ2n) is 8.16. The van der Waals surface area contributed by atoms with Crippen LogP contribution in [0.1, 0.15) is 48.5 Å². The number of hydrogen-bond acceptors (Lipinski definition) is 7. The zero-order chi connectivity index (χ0) is 24.6. The molecule has 0 fully saturated rings. The van der Waals surface area contributed by atoms with Crippen molar-refractivity contribution < 1.29 is 13.9 Å². The fourth-order valence-corrected chi connectivity index (χ4v) is 3.61. The highest BCUT2D eigenvalue weighted by Gasteiger charge is 2.16.